The lowest BCUT2D eigenvalue weighted by atomic mass is 9.79. The first kappa shape index (κ1) is 17.4. The van der Waals surface area contributed by atoms with Crippen molar-refractivity contribution >= 4 is 11.5 Å². The molecule has 3 unspecified atom stereocenters. The van der Waals surface area contributed by atoms with Crippen LogP contribution in [-0.2, 0) is 4.74 Å². The van der Waals surface area contributed by atoms with E-state index in [9.17, 15) is 5.11 Å². The number of aliphatic hydroxyl groups excluding tert-OH is 1. The molecule has 3 atom stereocenters. The summed E-state index contributed by atoms with van der Waals surface area (Å²) >= 11 is 0. The molecule has 1 aromatic rings. The molecule has 0 heterocycles. The second kappa shape index (κ2) is 6.96. The second-order valence-electron chi connectivity index (χ2n) is 8.29. The van der Waals surface area contributed by atoms with E-state index in [1.165, 1.54) is 49.2 Å². The van der Waals surface area contributed by atoms with Crippen LogP contribution >= 0.6 is 0 Å². The highest BCUT2D eigenvalue weighted by molar-refractivity contribution is 5.80. The molecule has 0 aliphatic heterocycles. The zero-order valence-electron chi connectivity index (χ0n) is 16.0. The Morgan fingerprint density at radius 2 is 1.88 bits per heavy atom. The minimum absolute atomic E-state index is 0.0271. The number of methoxy groups -OCH3 is 1. The van der Waals surface area contributed by atoms with Crippen LogP contribution in [0.25, 0.3) is 11.5 Å². The molecular weight excluding hydrogens is 322 g/mol. The Bertz CT molecular complexity index is 854. The Morgan fingerprint density at radius 3 is 2.46 bits per heavy atom. The monoisotopic (exact) mass is 351 g/mol. The smallest absolute Gasteiger partial charge is 0.283 e. The number of hydrogen-bond donors (Lipinski definition) is 1. The number of nitrogens with zero attached hydrogens (tertiary/aromatic N) is 1. The van der Waals surface area contributed by atoms with Crippen LogP contribution in [0.2, 0.25) is 0 Å². The number of allylic oxidation sites excluding steroid dienone is 2. The number of ether oxygens (including phenoxy) is 1. The number of hydrogen-bond acceptors (Lipinski definition) is 3. The molecule has 1 N–H and O–H groups in total. The normalized spacial score (nSPS) is 27.1. The zero-order valence-corrected chi connectivity index (χ0v) is 16.0. The largest absolute Gasteiger partial charge is 0.481 e. The van der Waals surface area contributed by atoms with Crippen molar-refractivity contribution in [3.63, 3.8) is 0 Å². The third-order valence-electron chi connectivity index (χ3n) is 6.32. The van der Waals surface area contributed by atoms with E-state index in [-0.39, 0.29) is 5.95 Å². The van der Waals surface area contributed by atoms with E-state index in [0.717, 1.165) is 23.6 Å². The first-order chi connectivity index (χ1) is 12.6. The standard InChI is InChI=1S/C23H29NO2/c1-24(2)14-19-10-11-20(16-6-8-17(9-7-16)23(25)26-3)22(19)21-13-15-4-5-18(21)12-15/h6-11,15,18,21,25H,4-5,12-14H2,1-3H3. The van der Waals surface area contributed by atoms with Crippen LogP contribution in [0.15, 0.2) is 47.6 Å². The number of aliphatic hydroxyl groups is 1. The highest BCUT2D eigenvalue weighted by Gasteiger charge is 2.42. The van der Waals surface area contributed by atoms with Gasteiger partial charge in [0.1, 0.15) is 0 Å². The third-order valence-corrected chi connectivity index (χ3v) is 6.32. The summed E-state index contributed by atoms with van der Waals surface area (Å²) in [5.41, 5.74) is 4.44. The van der Waals surface area contributed by atoms with Crippen molar-refractivity contribution in [2.75, 3.05) is 27.7 Å². The van der Waals surface area contributed by atoms with Crippen LogP contribution in [0.4, 0.5) is 0 Å². The minimum atomic E-state index is -0.0271. The number of rotatable bonds is 4. The van der Waals surface area contributed by atoms with Gasteiger partial charge in [0.15, 0.2) is 0 Å². The summed E-state index contributed by atoms with van der Waals surface area (Å²) in [6.45, 7) is 1.000. The average Bonchev–Trinajstić information content (AvgIpc) is 3.36. The number of likely N-dealkylation sites (N-methyl/N-ethyl adjacent to an activating group) is 1. The molecule has 0 saturated heterocycles. The maximum absolute atomic E-state index is 9.78. The molecule has 138 valence electrons. The van der Waals surface area contributed by atoms with Crippen molar-refractivity contribution in [2.24, 2.45) is 17.8 Å². The van der Waals surface area contributed by atoms with Crippen molar-refractivity contribution < 1.29 is 9.84 Å². The maximum atomic E-state index is 9.78. The summed E-state index contributed by atoms with van der Waals surface area (Å²) in [6, 6.07) is 8.10. The fourth-order valence-electron chi connectivity index (χ4n) is 5.21. The van der Waals surface area contributed by atoms with Crippen molar-refractivity contribution in [3.8, 4) is 0 Å². The van der Waals surface area contributed by atoms with Crippen molar-refractivity contribution in [1.82, 2.24) is 4.90 Å². The molecule has 1 aromatic carbocycles. The van der Waals surface area contributed by atoms with Crippen molar-refractivity contribution in [3.05, 3.63) is 58.0 Å². The summed E-state index contributed by atoms with van der Waals surface area (Å²) in [5.74, 6) is 2.50. The van der Waals surface area contributed by atoms with Crippen molar-refractivity contribution in [1.29, 1.82) is 0 Å². The molecule has 2 fully saturated rings. The Morgan fingerprint density at radius 1 is 1.12 bits per heavy atom. The van der Waals surface area contributed by atoms with Crippen LogP contribution in [0.3, 0.4) is 0 Å². The van der Waals surface area contributed by atoms with Gasteiger partial charge in [-0.3, -0.25) is 0 Å². The van der Waals surface area contributed by atoms with E-state index in [4.69, 9.17) is 4.74 Å². The molecule has 4 rings (SSSR count). The minimum Gasteiger partial charge on any atom is -0.481 e. The summed E-state index contributed by atoms with van der Waals surface area (Å²) in [5, 5.41) is 11.7. The summed E-state index contributed by atoms with van der Waals surface area (Å²) < 4.78 is 4.93. The molecule has 26 heavy (non-hydrogen) atoms. The van der Waals surface area contributed by atoms with Gasteiger partial charge in [-0.25, -0.2) is 0 Å². The summed E-state index contributed by atoms with van der Waals surface area (Å²) in [7, 11) is 5.78. The average molecular weight is 351 g/mol. The lowest BCUT2D eigenvalue weighted by Gasteiger charge is -2.26. The van der Waals surface area contributed by atoms with Crippen LogP contribution in [0.5, 0.6) is 0 Å². The Labute approximate surface area is 156 Å². The molecule has 2 saturated carbocycles. The molecule has 0 spiro atoms. The van der Waals surface area contributed by atoms with E-state index >= 15 is 0 Å². The summed E-state index contributed by atoms with van der Waals surface area (Å²) in [6.07, 6.45) is 10.2. The van der Waals surface area contributed by atoms with Gasteiger partial charge in [-0.05, 0) is 85.2 Å². The van der Waals surface area contributed by atoms with E-state index in [0.29, 0.717) is 5.92 Å². The van der Waals surface area contributed by atoms with Crippen molar-refractivity contribution in [2.45, 2.75) is 25.7 Å². The van der Waals surface area contributed by atoms with E-state index < -0.39 is 0 Å². The van der Waals surface area contributed by atoms with E-state index in [1.807, 2.05) is 12.1 Å². The fraction of sp³-hybridized carbons (Fsp3) is 0.478. The molecule has 0 radical (unpaired) electrons. The molecule has 0 aromatic heterocycles. The lowest BCUT2D eigenvalue weighted by Crippen LogP contribution is -2.21. The van der Waals surface area contributed by atoms with Crippen LogP contribution in [0, 0.1) is 17.8 Å². The van der Waals surface area contributed by atoms with Gasteiger partial charge in [0.05, 0.1) is 12.3 Å². The molecule has 3 aliphatic carbocycles. The van der Waals surface area contributed by atoms with Gasteiger partial charge in [0.2, 0.25) is 0 Å². The Hall–Kier alpha value is -2.00. The quantitative estimate of drug-likeness (QED) is 0.905. The third kappa shape index (κ3) is 3.09. The molecule has 3 aliphatic rings. The second-order valence-corrected chi connectivity index (χ2v) is 8.29. The van der Waals surface area contributed by atoms with Crippen LogP contribution < -0.4 is 10.4 Å². The predicted octanol–water partition coefficient (Wildman–Crippen LogP) is 2.97. The fourth-order valence-corrected chi connectivity index (χ4v) is 5.21. The first-order valence-electron chi connectivity index (χ1n) is 9.70. The molecular formula is C23H29NO2. The van der Waals surface area contributed by atoms with Crippen LogP contribution in [0.1, 0.15) is 25.7 Å². The highest BCUT2D eigenvalue weighted by atomic mass is 16.6. The first-order valence-corrected chi connectivity index (χ1v) is 9.70. The van der Waals surface area contributed by atoms with Crippen LogP contribution in [-0.4, -0.2) is 37.8 Å². The number of benzene rings is 1. The van der Waals surface area contributed by atoms with E-state index in [2.05, 4.69) is 43.3 Å². The van der Waals surface area contributed by atoms with Gasteiger partial charge in [-0.15, -0.1) is 0 Å². The predicted molar refractivity (Wildman–Crippen MR) is 106 cm³/mol. The van der Waals surface area contributed by atoms with Gasteiger partial charge < -0.3 is 14.7 Å². The highest BCUT2D eigenvalue weighted by Crippen LogP contribution is 2.54. The molecule has 3 nitrogen and oxygen atoms in total. The SMILES string of the molecule is COC(O)=c1ccc(=C2C=CC(CN(C)C)=C2C2CC3CCC2C3)cc1. The molecule has 2 bridgehead atoms. The Kier molecular flexibility index (Phi) is 4.66. The van der Waals surface area contributed by atoms with Gasteiger partial charge in [0, 0.05) is 6.54 Å². The zero-order chi connectivity index (χ0) is 18.3. The van der Waals surface area contributed by atoms with Gasteiger partial charge in [0.25, 0.3) is 5.95 Å². The lowest BCUT2D eigenvalue weighted by molar-refractivity contribution is 0.231. The van der Waals surface area contributed by atoms with Gasteiger partial charge >= 0.3 is 0 Å². The van der Waals surface area contributed by atoms with Gasteiger partial charge in [-0.1, -0.05) is 30.7 Å². The topological polar surface area (TPSA) is 32.7 Å². The maximum Gasteiger partial charge on any atom is 0.283 e. The summed E-state index contributed by atoms with van der Waals surface area (Å²) in [4.78, 5) is 2.27. The molecule has 0 amide bonds. The molecule has 3 heteroatoms. The number of fused-ring (bicyclic) bond motifs is 2. The van der Waals surface area contributed by atoms with Gasteiger partial charge in [-0.2, -0.15) is 0 Å². The van der Waals surface area contributed by atoms with E-state index in [1.54, 1.807) is 5.57 Å². The Balaban J connectivity index is 1.80.